The fourth-order valence-electron chi connectivity index (χ4n) is 9.46. The number of hydrogen-bond donors (Lipinski definition) is 1. The molecular formula is C44H34N2O6. The Labute approximate surface area is 300 Å². The Morgan fingerprint density at radius 1 is 0.673 bits per heavy atom. The molecule has 4 amide bonds. The molecule has 8 nitrogen and oxygen atoms in total. The molecule has 256 valence electrons. The van der Waals surface area contributed by atoms with E-state index in [0.29, 0.717) is 33.5 Å². The number of aromatic hydroxyl groups is 1. The van der Waals surface area contributed by atoms with Gasteiger partial charge in [-0.3, -0.25) is 28.9 Å². The van der Waals surface area contributed by atoms with Crippen LogP contribution in [0.5, 0.6) is 5.75 Å². The highest BCUT2D eigenvalue weighted by Gasteiger charge is 2.68. The second-order valence-corrected chi connectivity index (χ2v) is 14.5. The zero-order chi connectivity index (χ0) is 35.9. The van der Waals surface area contributed by atoms with Crippen LogP contribution >= 0.6 is 0 Å². The number of fused-ring (bicyclic) bond motifs is 5. The van der Waals surface area contributed by atoms with Gasteiger partial charge in [-0.2, -0.15) is 0 Å². The van der Waals surface area contributed by atoms with Crippen molar-refractivity contribution in [2.75, 3.05) is 9.80 Å². The van der Waals surface area contributed by atoms with E-state index < -0.39 is 35.0 Å². The van der Waals surface area contributed by atoms with Gasteiger partial charge >= 0.3 is 0 Å². The van der Waals surface area contributed by atoms with E-state index in [0.717, 1.165) is 11.0 Å². The third kappa shape index (κ3) is 4.43. The molecule has 4 aliphatic rings. The summed E-state index contributed by atoms with van der Waals surface area (Å²) in [6, 6.07) is 35.4. The summed E-state index contributed by atoms with van der Waals surface area (Å²) in [7, 11) is 0. The van der Waals surface area contributed by atoms with Crippen molar-refractivity contribution in [3.8, 4) is 5.75 Å². The van der Waals surface area contributed by atoms with Crippen LogP contribution in [0, 0.1) is 29.1 Å². The van der Waals surface area contributed by atoms with Gasteiger partial charge in [-0.15, -0.1) is 0 Å². The van der Waals surface area contributed by atoms with Crippen LogP contribution in [-0.2, 0) is 19.2 Å². The number of carbonyl (C=O) groups excluding carboxylic acids is 5. The molecule has 0 spiro atoms. The Kier molecular flexibility index (Phi) is 7.16. The van der Waals surface area contributed by atoms with E-state index in [1.807, 2.05) is 61.5 Å². The highest BCUT2D eigenvalue weighted by atomic mass is 16.3. The van der Waals surface area contributed by atoms with Crippen LogP contribution < -0.4 is 9.80 Å². The summed E-state index contributed by atoms with van der Waals surface area (Å²) in [5.41, 5.74) is 1.87. The monoisotopic (exact) mass is 686 g/mol. The number of phenols is 1. The van der Waals surface area contributed by atoms with Crippen LogP contribution in [0.2, 0.25) is 0 Å². The zero-order valence-electron chi connectivity index (χ0n) is 28.3. The largest absolute Gasteiger partial charge is 0.507 e. The fourth-order valence-corrected chi connectivity index (χ4v) is 9.46. The second kappa shape index (κ2) is 11.7. The molecule has 8 heteroatoms. The number of nitrogens with zero attached hydrogens (tertiary/aromatic N) is 2. The minimum atomic E-state index is -1.27. The molecule has 1 saturated carbocycles. The Balaban J connectivity index is 1.13. The second-order valence-electron chi connectivity index (χ2n) is 14.5. The predicted octanol–water partition coefficient (Wildman–Crippen LogP) is 7.21. The van der Waals surface area contributed by atoms with Gasteiger partial charge in [0.1, 0.15) is 5.75 Å². The molecule has 6 atom stereocenters. The highest BCUT2D eigenvalue weighted by molar-refractivity contribution is 6.25. The lowest BCUT2D eigenvalue weighted by Gasteiger charge is -2.49. The molecule has 6 unspecified atom stereocenters. The van der Waals surface area contributed by atoms with E-state index in [4.69, 9.17) is 0 Å². The minimum Gasteiger partial charge on any atom is -0.507 e. The number of allylic oxidation sites excluding steroid dienone is 2. The summed E-state index contributed by atoms with van der Waals surface area (Å²) in [4.78, 5) is 73.3. The van der Waals surface area contributed by atoms with Crippen LogP contribution in [0.15, 0.2) is 133 Å². The number of para-hydroxylation sites is 1. The average Bonchev–Trinajstić information content (AvgIpc) is 3.55. The number of carbonyl (C=O) groups is 5. The molecule has 5 aromatic carbocycles. The Morgan fingerprint density at radius 3 is 2.04 bits per heavy atom. The predicted molar refractivity (Wildman–Crippen MR) is 195 cm³/mol. The van der Waals surface area contributed by atoms with Gasteiger partial charge in [-0.1, -0.05) is 96.6 Å². The first-order valence-corrected chi connectivity index (χ1v) is 17.6. The first kappa shape index (κ1) is 31.8. The third-order valence-electron chi connectivity index (χ3n) is 12.0. The molecule has 0 bridgehead atoms. The highest BCUT2D eigenvalue weighted by Crippen LogP contribution is 2.64. The van der Waals surface area contributed by atoms with Gasteiger partial charge < -0.3 is 5.11 Å². The van der Waals surface area contributed by atoms with E-state index in [9.17, 15) is 29.1 Å². The van der Waals surface area contributed by atoms with Crippen molar-refractivity contribution in [3.63, 3.8) is 0 Å². The first-order chi connectivity index (χ1) is 25.2. The lowest BCUT2D eigenvalue weighted by atomic mass is 9.51. The van der Waals surface area contributed by atoms with Crippen molar-refractivity contribution < 1.29 is 29.1 Å². The van der Waals surface area contributed by atoms with Gasteiger partial charge in [0.05, 0.1) is 34.5 Å². The van der Waals surface area contributed by atoms with Gasteiger partial charge in [0.25, 0.3) is 0 Å². The van der Waals surface area contributed by atoms with Crippen LogP contribution in [0.3, 0.4) is 0 Å². The molecule has 1 N–H and O–H groups in total. The summed E-state index contributed by atoms with van der Waals surface area (Å²) in [6.45, 7) is 1.81. The number of amides is 4. The molecule has 0 aromatic heterocycles. The van der Waals surface area contributed by atoms with Crippen LogP contribution in [0.25, 0.3) is 10.8 Å². The Morgan fingerprint density at radius 2 is 1.31 bits per heavy atom. The van der Waals surface area contributed by atoms with Gasteiger partial charge in [0.2, 0.25) is 23.6 Å². The SMILES string of the molecule is CC12C(=O)N(c3ccccc3)C(=O)C1CC1C(=CCC3C(=O)N(c4ccc(C(=O)c5ccccc5)cc4)C(=O)C31)C2c1ccc2ccccc2c1O. The number of phenolic OH excluding ortho intramolecular Hbond substituents is 1. The summed E-state index contributed by atoms with van der Waals surface area (Å²) in [6.07, 6.45) is 2.46. The van der Waals surface area contributed by atoms with E-state index >= 15 is 0 Å². The van der Waals surface area contributed by atoms with Crippen molar-refractivity contribution in [1.82, 2.24) is 0 Å². The molecular weight excluding hydrogens is 652 g/mol. The average molecular weight is 687 g/mol. The van der Waals surface area contributed by atoms with Crippen molar-refractivity contribution in [2.24, 2.45) is 29.1 Å². The number of rotatable bonds is 5. The number of ketones is 1. The van der Waals surface area contributed by atoms with Crippen LogP contribution in [0.1, 0.15) is 47.2 Å². The third-order valence-corrected chi connectivity index (χ3v) is 12.0. The van der Waals surface area contributed by atoms with Crippen molar-refractivity contribution in [2.45, 2.75) is 25.7 Å². The summed E-state index contributed by atoms with van der Waals surface area (Å²) < 4.78 is 0. The molecule has 52 heavy (non-hydrogen) atoms. The molecule has 9 rings (SSSR count). The zero-order valence-corrected chi connectivity index (χ0v) is 28.3. The lowest BCUT2D eigenvalue weighted by molar-refractivity contribution is -0.131. The topological polar surface area (TPSA) is 112 Å². The van der Waals surface area contributed by atoms with Crippen LogP contribution in [0.4, 0.5) is 11.4 Å². The molecule has 5 aromatic rings. The number of anilines is 2. The first-order valence-electron chi connectivity index (χ1n) is 17.6. The van der Waals surface area contributed by atoms with Crippen molar-refractivity contribution >= 4 is 51.6 Å². The van der Waals surface area contributed by atoms with E-state index in [2.05, 4.69) is 0 Å². The minimum absolute atomic E-state index is 0.0331. The molecule has 2 heterocycles. The summed E-state index contributed by atoms with van der Waals surface area (Å²) >= 11 is 0. The Bertz CT molecular complexity index is 2370. The number of hydrogen-bond acceptors (Lipinski definition) is 6. The van der Waals surface area contributed by atoms with Crippen molar-refractivity contribution in [1.29, 1.82) is 0 Å². The fraction of sp³-hybridized carbons (Fsp3) is 0.205. The summed E-state index contributed by atoms with van der Waals surface area (Å²) in [5.74, 6) is -5.01. The smallest absolute Gasteiger partial charge is 0.241 e. The normalized spacial score (nSPS) is 26.6. The van der Waals surface area contributed by atoms with Gasteiger partial charge in [0.15, 0.2) is 5.78 Å². The Hall–Kier alpha value is -6.15. The van der Waals surface area contributed by atoms with Gasteiger partial charge in [0, 0.05) is 28.0 Å². The van der Waals surface area contributed by atoms with Gasteiger partial charge in [-0.05, 0) is 67.5 Å². The molecule has 2 saturated heterocycles. The van der Waals surface area contributed by atoms with E-state index in [1.165, 1.54) is 9.80 Å². The lowest BCUT2D eigenvalue weighted by Crippen LogP contribution is -2.48. The maximum atomic E-state index is 14.7. The quantitative estimate of drug-likeness (QED) is 0.119. The van der Waals surface area contributed by atoms with Gasteiger partial charge in [-0.25, -0.2) is 4.90 Å². The van der Waals surface area contributed by atoms with E-state index in [-0.39, 0.29) is 48.0 Å². The standard InChI is InChI=1S/C44H34N2O6/c1-44-35(41(50)46(43(44)52)28-13-6-3-7-14-28)24-34-31(37(44)33-21-18-25-10-8-9-15-30(25)39(33)48)22-23-32-36(34)42(51)45(40(32)49)29-19-16-27(17-20-29)38(47)26-11-4-2-5-12-26/h2-22,32,34-37,48H,23-24H2,1H3. The molecule has 2 aliphatic heterocycles. The maximum absolute atomic E-state index is 14.7. The number of benzene rings is 5. The molecule has 3 fully saturated rings. The van der Waals surface area contributed by atoms with Crippen molar-refractivity contribution in [3.05, 3.63) is 150 Å². The maximum Gasteiger partial charge on any atom is 0.241 e. The summed E-state index contributed by atoms with van der Waals surface area (Å²) in [5, 5.41) is 13.3. The van der Waals surface area contributed by atoms with Crippen LogP contribution in [-0.4, -0.2) is 34.5 Å². The molecule has 2 aliphatic carbocycles. The number of imide groups is 2. The van der Waals surface area contributed by atoms with E-state index in [1.54, 1.807) is 72.8 Å². The molecule has 0 radical (unpaired) electrons.